The highest BCUT2D eigenvalue weighted by Crippen LogP contribution is 2.31. The first-order chi connectivity index (χ1) is 10.6. The van der Waals surface area contributed by atoms with Crippen LogP contribution in [0, 0.1) is 5.92 Å². The number of rotatable bonds is 6. The van der Waals surface area contributed by atoms with Crippen LogP contribution in [0.3, 0.4) is 0 Å². The van der Waals surface area contributed by atoms with Crippen molar-refractivity contribution >= 4 is 28.3 Å². The number of aromatic nitrogens is 2. The second-order valence-electron chi connectivity index (χ2n) is 4.74. The van der Waals surface area contributed by atoms with Crippen LogP contribution in [-0.2, 0) is 4.79 Å². The van der Waals surface area contributed by atoms with Crippen LogP contribution < -0.4 is 5.32 Å². The van der Waals surface area contributed by atoms with Gasteiger partial charge < -0.3 is 10.4 Å². The van der Waals surface area contributed by atoms with Gasteiger partial charge in [0.25, 0.3) is 0 Å². The SMILES string of the molecule is CCC(CC)C(=O)Nc1nc(-c2ccncc2)c(C(=O)O)s1. The number of hydrogen-bond donors (Lipinski definition) is 2. The molecule has 0 aliphatic carbocycles. The zero-order valence-electron chi connectivity index (χ0n) is 12.4. The Morgan fingerprint density at radius 3 is 2.45 bits per heavy atom. The third kappa shape index (κ3) is 3.48. The number of amides is 1. The highest BCUT2D eigenvalue weighted by Gasteiger charge is 2.21. The summed E-state index contributed by atoms with van der Waals surface area (Å²) in [5.41, 5.74) is 1.01. The Hall–Kier alpha value is -2.28. The lowest BCUT2D eigenvalue weighted by molar-refractivity contribution is -0.120. The maximum atomic E-state index is 12.1. The lowest BCUT2D eigenvalue weighted by Gasteiger charge is -2.10. The minimum Gasteiger partial charge on any atom is -0.477 e. The van der Waals surface area contributed by atoms with E-state index in [-0.39, 0.29) is 16.7 Å². The van der Waals surface area contributed by atoms with E-state index in [1.807, 2.05) is 13.8 Å². The quantitative estimate of drug-likeness (QED) is 0.852. The first-order valence-corrected chi connectivity index (χ1v) is 7.83. The average Bonchev–Trinajstić information content (AvgIpc) is 2.93. The molecule has 0 aliphatic rings. The topological polar surface area (TPSA) is 92.2 Å². The second kappa shape index (κ2) is 7.13. The van der Waals surface area contributed by atoms with E-state index >= 15 is 0 Å². The highest BCUT2D eigenvalue weighted by atomic mass is 32.1. The molecule has 7 heteroatoms. The first-order valence-electron chi connectivity index (χ1n) is 7.02. The number of hydrogen-bond acceptors (Lipinski definition) is 5. The van der Waals surface area contributed by atoms with Crippen LogP contribution in [0.25, 0.3) is 11.3 Å². The van der Waals surface area contributed by atoms with E-state index in [2.05, 4.69) is 15.3 Å². The van der Waals surface area contributed by atoms with Crippen molar-refractivity contribution in [2.75, 3.05) is 5.32 Å². The highest BCUT2D eigenvalue weighted by molar-refractivity contribution is 7.18. The molecule has 2 N–H and O–H groups in total. The largest absolute Gasteiger partial charge is 0.477 e. The number of thiazole rings is 1. The van der Waals surface area contributed by atoms with Gasteiger partial charge in [0.15, 0.2) is 5.13 Å². The molecule has 0 saturated carbocycles. The van der Waals surface area contributed by atoms with E-state index in [1.54, 1.807) is 24.5 Å². The fourth-order valence-electron chi connectivity index (χ4n) is 2.09. The van der Waals surface area contributed by atoms with Crippen molar-refractivity contribution in [3.63, 3.8) is 0 Å². The maximum absolute atomic E-state index is 12.1. The molecule has 6 nitrogen and oxygen atoms in total. The Morgan fingerprint density at radius 1 is 1.27 bits per heavy atom. The van der Waals surface area contributed by atoms with Crippen LogP contribution in [0.1, 0.15) is 36.4 Å². The van der Waals surface area contributed by atoms with Crippen molar-refractivity contribution in [3.05, 3.63) is 29.4 Å². The van der Waals surface area contributed by atoms with Crippen LogP contribution in [0.4, 0.5) is 5.13 Å². The van der Waals surface area contributed by atoms with Gasteiger partial charge in [-0.25, -0.2) is 9.78 Å². The summed E-state index contributed by atoms with van der Waals surface area (Å²) in [4.78, 5) is 31.8. The van der Waals surface area contributed by atoms with Gasteiger partial charge in [-0.15, -0.1) is 0 Å². The number of carbonyl (C=O) groups excluding carboxylic acids is 1. The number of pyridine rings is 1. The van der Waals surface area contributed by atoms with Gasteiger partial charge >= 0.3 is 5.97 Å². The molecule has 0 radical (unpaired) electrons. The molecule has 0 saturated heterocycles. The lowest BCUT2D eigenvalue weighted by atomic mass is 10.0. The Labute approximate surface area is 132 Å². The molecule has 0 unspecified atom stereocenters. The second-order valence-corrected chi connectivity index (χ2v) is 5.74. The number of anilines is 1. The Balaban J connectivity index is 2.32. The van der Waals surface area contributed by atoms with Gasteiger partial charge in [0.05, 0.1) is 5.69 Å². The maximum Gasteiger partial charge on any atom is 0.348 e. The normalized spacial score (nSPS) is 10.7. The first kappa shape index (κ1) is 16.1. The summed E-state index contributed by atoms with van der Waals surface area (Å²) < 4.78 is 0. The minimum atomic E-state index is -1.06. The molecule has 2 heterocycles. The van der Waals surface area contributed by atoms with Gasteiger partial charge in [0.1, 0.15) is 4.88 Å². The lowest BCUT2D eigenvalue weighted by Crippen LogP contribution is -2.21. The van der Waals surface area contributed by atoms with E-state index in [4.69, 9.17) is 0 Å². The third-order valence-electron chi connectivity index (χ3n) is 3.36. The number of carboxylic acids is 1. The van der Waals surface area contributed by atoms with Gasteiger partial charge in [0.2, 0.25) is 5.91 Å². The van der Waals surface area contributed by atoms with E-state index in [0.29, 0.717) is 16.4 Å². The average molecular weight is 319 g/mol. The standard InChI is InChI=1S/C15H17N3O3S/c1-3-9(4-2)13(19)18-15-17-11(12(22-15)14(20)21)10-5-7-16-8-6-10/h5-9H,3-4H2,1-2H3,(H,20,21)(H,17,18,19). The fourth-order valence-corrected chi connectivity index (χ4v) is 2.92. The molecule has 116 valence electrons. The van der Waals surface area contributed by atoms with Gasteiger partial charge in [-0.05, 0) is 25.0 Å². The summed E-state index contributed by atoms with van der Waals surface area (Å²) in [6.07, 6.45) is 4.61. The monoisotopic (exact) mass is 319 g/mol. The third-order valence-corrected chi connectivity index (χ3v) is 4.32. The van der Waals surface area contributed by atoms with E-state index in [1.165, 1.54) is 0 Å². The summed E-state index contributed by atoms with van der Waals surface area (Å²) in [7, 11) is 0. The number of nitrogens with one attached hydrogen (secondary N) is 1. The van der Waals surface area contributed by atoms with Gasteiger partial charge in [0, 0.05) is 23.9 Å². The zero-order chi connectivity index (χ0) is 16.1. The Morgan fingerprint density at radius 2 is 1.91 bits per heavy atom. The number of carboxylic acid groups (broad SMARTS) is 1. The predicted molar refractivity (Wildman–Crippen MR) is 85.0 cm³/mol. The molecule has 0 bridgehead atoms. The number of aromatic carboxylic acids is 1. The van der Waals surface area contributed by atoms with Crippen molar-refractivity contribution in [2.45, 2.75) is 26.7 Å². The molecule has 22 heavy (non-hydrogen) atoms. The summed E-state index contributed by atoms with van der Waals surface area (Å²) in [5, 5.41) is 12.3. The molecule has 0 atom stereocenters. The molecule has 2 rings (SSSR count). The van der Waals surface area contributed by atoms with E-state index < -0.39 is 5.97 Å². The van der Waals surface area contributed by atoms with Crippen LogP contribution in [0.15, 0.2) is 24.5 Å². The summed E-state index contributed by atoms with van der Waals surface area (Å²) >= 11 is 0.966. The smallest absolute Gasteiger partial charge is 0.348 e. The van der Waals surface area contributed by atoms with Crippen LogP contribution in [0.2, 0.25) is 0 Å². The summed E-state index contributed by atoms with van der Waals surface area (Å²) in [5.74, 6) is -1.29. The molecule has 1 amide bonds. The molecule has 2 aromatic heterocycles. The number of nitrogens with zero attached hydrogens (tertiary/aromatic N) is 2. The summed E-state index contributed by atoms with van der Waals surface area (Å²) in [6.45, 7) is 3.89. The van der Waals surface area contributed by atoms with Crippen LogP contribution in [0.5, 0.6) is 0 Å². The van der Waals surface area contributed by atoms with Gasteiger partial charge in [-0.2, -0.15) is 0 Å². The molecule has 0 spiro atoms. The molecule has 2 aromatic rings. The van der Waals surface area contributed by atoms with Crippen molar-refractivity contribution in [3.8, 4) is 11.3 Å². The fraction of sp³-hybridized carbons (Fsp3) is 0.333. The Kier molecular flexibility index (Phi) is 5.21. The molecular formula is C15H17N3O3S. The molecular weight excluding hydrogens is 302 g/mol. The predicted octanol–water partition coefficient (Wildman–Crippen LogP) is 3.28. The zero-order valence-corrected chi connectivity index (χ0v) is 13.2. The van der Waals surface area contributed by atoms with E-state index in [9.17, 15) is 14.7 Å². The molecule has 0 aliphatic heterocycles. The molecule has 0 aromatic carbocycles. The minimum absolute atomic E-state index is 0.0958. The van der Waals surface area contributed by atoms with Crippen molar-refractivity contribution < 1.29 is 14.7 Å². The summed E-state index contributed by atoms with van der Waals surface area (Å²) in [6, 6.07) is 3.38. The van der Waals surface area contributed by atoms with E-state index in [0.717, 1.165) is 24.2 Å². The van der Waals surface area contributed by atoms with Crippen LogP contribution >= 0.6 is 11.3 Å². The van der Waals surface area contributed by atoms with Crippen molar-refractivity contribution in [1.82, 2.24) is 9.97 Å². The van der Waals surface area contributed by atoms with Crippen molar-refractivity contribution in [2.24, 2.45) is 5.92 Å². The van der Waals surface area contributed by atoms with Crippen LogP contribution in [-0.4, -0.2) is 27.0 Å². The molecule has 0 fully saturated rings. The number of carbonyl (C=O) groups is 2. The van der Waals surface area contributed by atoms with Gasteiger partial charge in [-0.1, -0.05) is 25.2 Å². The van der Waals surface area contributed by atoms with Crippen molar-refractivity contribution in [1.29, 1.82) is 0 Å². The Bertz CT molecular complexity index is 666. The van der Waals surface area contributed by atoms with Gasteiger partial charge in [-0.3, -0.25) is 9.78 Å².